The minimum absolute atomic E-state index is 0.291. The summed E-state index contributed by atoms with van der Waals surface area (Å²) in [7, 11) is 0. The molecule has 2 rings (SSSR count). The highest BCUT2D eigenvalue weighted by molar-refractivity contribution is 6.31. The fourth-order valence-electron chi connectivity index (χ4n) is 2.02. The van der Waals surface area contributed by atoms with Gasteiger partial charge >= 0.3 is 0 Å². The van der Waals surface area contributed by atoms with Gasteiger partial charge in [-0.15, -0.1) is 0 Å². The van der Waals surface area contributed by atoms with E-state index in [2.05, 4.69) is 17.0 Å². The summed E-state index contributed by atoms with van der Waals surface area (Å²) >= 11 is 6.19. The Bertz CT molecular complexity index is 536. The van der Waals surface area contributed by atoms with Crippen LogP contribution in [-0.4, -0.2) is 14.8 Å². The van der Waals surface area contributed by atoms with Gasteiger partial charge in [0.05, 0.1) is 23.0 Å². The van der Waals surface area contributed by atoms with E-state index in [0.29, 0.717) is 5.02 Å². The van der Waals surface area contributed by atoms with Crippen molar-refractivity contribution in [1.82, 2.24) is 14.8 Å². The van der Waals surface area contributed by atoms with Gasteiger partial charge in [-0.25, -0.2) is 0 Å². The number of hydrogen-bond acceptors (Lipinski definition) is 3. The summed E-state index contributed by atoms with van der Waals surface area (Å²) in [5, 5.41) is 4.88. The second kappa shape index (κ2) is 5.50. The molecule has 1 atom stereocenters. The predicted octanol–water partition coefficient (Wildman–Crippen LogP) is 2.70. The average molecular weight is 265 g/mol. The van der Waals surface area contributed by atoms with E-state index in [-0.39, 0.29) is 6.04 Å². The van der Waals surface area contributed by atoms with E-state index in [1.807, 2.05) is 17.7 Å². The molecule has 2 aromatic heterocycles. The minimum atomic E-state index is -0.291. The van der Waals surface area contributed by atoms with Gasteiger partial charge in [-0.05, 0) is 30.5 Å². The van der Waals surface area contributed by atoms with Gasteiger partial charge in [-0.3, -0.25) is 9.67 Å². The van der Waals surface area contributed by atoms with E-state index in [0.717, 1.165) is 29.8 Å². The van der Waals surface area contributed by atoms with Crippen LogP contribution < -0.4 is 5.73 Å². The van der Waals surface area contributed by atoms with Gasteiger partial charge in [-0.1, -0.05) is 18.5 Å². The first-order chi connectivity index (χ1) is 8.65. The number of nitrogens with zero attached hydrogens (tertiary/aromatic N) is 3. The van der Waals surface area contributed by atoms with Crippen molar-refractivity contribution < 1.29 is 0 Å². The summed E-state index contributed by atoms with van der Waals surface area (Å²) in [6.07, 6.45) is 6.19. The second-order valence-electron chi connectivity index (χ2n) is 4.31. The number of aryl methyl sites for hydroxylation is 2. The van der Waals surface area contributed by atoms with Crippen LogP contribution in [0.3, 0.4) is 0 Å². The highest BCUT2D eigenvalue weighted by atomic mass is 35.5. The Morgan fingerprint density at radius 3 is 2.89 bits per heavy atom. The van der Waals surface area contributed by atoms with Gasteiger partial charge in [0.25, 0.3) is 0 Å². The zero-order valence-electron chi connectivity index (χ0n) is 10.6. The molecule has 0 radical (unpaired) electrons. The molecule has 0 spiro atoms. The average Bonchev–Trinajstić information content (AvgIpc) is 2.71. The number of aromatic nitrogens is 3. The summed E-state index contributed by atoms with van der Waals surface area (Å²) in [5.74, 6) is 0. The lowest BCUT2D eigenvalue weighted by molar-refractivity contribution is 0.559. The standard InChI is InChI=1S/C13H17ClN4/c1-3-6-18-13(11(14)8-17-18)12(15)10-7-16-5-4-9(10)2/h4-5,7-8,12H,3,6,15H2,1-2H3. The van der Waals surface area contributed by atoms with Crippen LogP contribution in [0, 0.1) is 6.92 Å². The maximum absolute atomic E-state index is 6.31. The van der Waals surface area contributed by atoms with Gasteiger partial charge in [0.15, 0.2) is 0 Å². The molecular formula is C13H17ClN4. The summed E-state index contributed by atoms with van der Waals surface area (Å²) < 4.78 is 1.87. The number of pyridine rings is 1. The van der Waals surface area contributed by atoms with Gasteiger partial charge in [-0.2, -0.15) is 5.10 Å². The monoisotopic (exact) mass is 264 g/mol. The van der Waals surface area contributed by atoms with Crippen LogP contribution in [0.4, 0.5) is 0 Å². The predicted molar refractivity (Wildman–Crippen MR) is 72.5 cm³/mol. The lowest BCUT2D eigenvalue weighted by atomic mass is 10.0. The van der Waals surface area contributed by atoms with Crippen LogP contribution in [0.15, 0.2) is 24.7 Å². The molecule has 2 heterocycles. The topological polar surface area (TPSA) is 56.7 Å². The first kappa shape index (κ1) is 13.1. The van der Waals surface area contributed by atoms with Crippen LogP contribution in [0.2, 0.25) is 5.02 Å². The molecule has 0 aromatic carbocycles. The third-order valence-corrected chi connectivity index (χ3v) is 3.27. The zero-order valence-corrected chi connectivity index (χ0v) is 11.4. The third kappa shape index (κ3) is 2.40. The Hall–Kier alpha value is -1.39. The fraction of sp³-hybridized carbons (Fsp3) is 0.385. The summed E-state index contributed by atoms with van der Waals surface area (Å²) in [5.41, 5.74) is 9.26. The Morgan fingerprint density at radius 1 is 1.44 bits per heavy atom. The molecule has 2 N–H and O–H groups in total. The number of halogens is 1. The van der Waals surface area contributed by atoms with Crippen molar-refractivity contribution >= 4 is 11.6 Å². The Morgan fingerprint density at radius 2 is 2.22 bits per heavy atom. The minimum Gasteiger partial charge on any atom is -0.319 e. The first-order valence-electron chi connectivity index (χ1n) is 6.02. The van der Waals surface area contributed by atoms with Crippen molar-refractivity contribution in [1.29, 1.82) is 0 Å². The summed E-state index contributed by atoms with van der Waals surface area (Å²) in [4.78, 5) is 4.13. The van der Waals surface area contributed by atoms with E-state index in [1.54, 1.807) is 18.6 Å². The molecule has 0 bridgehead atoms. The van der Waals surface area contributed by atoms with Crippen molar-refractivity contribution in [2.75, 3.05) is 0 Å². The maximum Gasteiger partial charge on any atom is 0.0837 e. The van der Waals surface area contributed by atoms with E-state index in [1.165, 1.54) is 0 Å². The van der Waals surface area contributed by atoms with Gasteiger partial charge < -0.3 is 5.73 Å². The third-order valence-electron chi connectivity index (χ3n) is 2.98. The molecule has 0 aliphatic rings. The van der Waals surface area contributed by atoms with E-state index >= 15 is 0 Å². The molecule has 4 nitrogen and oxygen atoms in total. The number of nitrogens with two attached hydrogens (primary N) is 1. The molecule has 5 heteroatoms. The second-order valence-corrected chi connectivity index (χ2v) is 4.72. The molecule has 0 saturated heterocycles. The van der Waals surface area contributed by atoms with E-state index in [4.69, 9.17) is 17.3 Å². The van der Waals surface area contributed by atoms with Crippen LogP contribution in [0.25, 0.3) is 0 Å². The fourth-order valence-corrected chi connectivity index (χ4v) is 2.28. The molecule has 1 unspecified atom stereocenters. The van der Waals surface area contributed by atoms with Crippen molar-refractivity contribution in [3.8, 4) is 0 Å². The van der Waals surface area contributed by atoms with E-state index in [9.17, 15) is 0 Å². The van der Waals surface area contributed by atoms with Crippen LogP contribution >= 0.6 is 11.6 Å². The molecular weight excluding hydrogens is 248 g/mol. The molecule has 0 aliphatic heterocycles. The van der Waals surface area contributed by atoms with Gasteiger partial charge in [0.1, 0.15) is 0 Å². The smallest absolute Gasteiger partial charge is 0.0837 e. The van der Waals surface area contributed by atoms with Gasteiger partial charge in [0, 0.05) is 18.9 Å². The Labute approximate surface area is 112 Å². The van der Waals surface area contributed by atoms with Crippen molar-refractivity contribution in [2.45, 2.75) is 32.9 Å². The Kier molecular flexibility index (Phi) is 3.99. The molecule has 0 fully saturated rings. The lowest BCUT2D eigenvalue weighted by Crippen LogP contribution is -2.19. The summed E-state index contributed by atoms with van der Waals surface area (Å²) in [6.45, 7) is 4.93. The highest BCUT2D eigenvalue weighted by Gasteiger charge is 2.19. The molecule has 2 aromatic rings. The molecule has 96 valence electrons. The van der Waals surface area contributed by atoms with Crippen LogP contribution in [-0.2, 0) is 6.54 Å². The van der Waals surface area contributed by atoms with Crippen molar-refractivity contribution in [3.05, 3.63) is 46.5 Å². The quantitative estimate of drug-likeness (QED) is 0.924. The molecule has 18 heavy (non-hydrogen) atoms. The van der Waals surface area contributed by atoms with Crippen molar-refractivity contribution in [3.63, 3.8) is 0 Å². The molecule has 0 aliphatic carbocycles. The molecule has 0 amide bonds. The largest absolute Gasteiger partial charge is 0.319 e. The summed E-state index contributed by atoms with van der Waals surface area (Å²) in [6, 6.07) is 1.66. The maximum atomic E-state index is 6.31. The van der Waals surface area contributed by atoms with Gasteiger partial charge in [0.2, 0.25) is 0 Å². The molecule has 0 saturated carbocycles. The number of hydrogen-bond donors (Lipinski definition) is 1. The van der Waals surface area contributed by atoms with Crippen LogP contribution in [0.5, 0.6) is 0 Å². The highest BCUT2D eigenvalue weighted by Crippen LogP contribution is 2.27. The SMILES string of the molecule is CCCn1ncc(Cl)c1C(N)c1cnccc1C. The Balaban J connectivity index is 2.42. The first-order valence-corrected chi connectivity index (χ1v) is 6.40. The number of rotatable bonds is 4. The lowest BCUT2D eigenvalue weighted by Gasteiger charge is -2.16. The van der Waals surface area contributed by atoms with Crippen molar-refractivity contribution in [2.24, 2.45) is 5.73 Å². The zero-order chi connectivity index (χ0) is 13.1. The van der Waals surface area contributed by atoms with Crippen LogP contribution in [0.1, 0.15) is 36.2 Å². The normalized spacial score (nSPS) is 12.7. The van der Waals surface area contributed by atoms with E-state index < -0.39 is 0 Å².